The van der Waals surface area contributed by atoms with E-state index in [9.17, 15) is 4.79 Å². The van der Waals surface area contributed by atoms with Crippen LogP contribution >= 0.6 is 0 Å². The maximum Gasteiger partial charge on any atom is 0.331 e. The zero-order valence-electron chi connectivity index (χ0n) is 5.90. The quantitative estimate of drug-likeness (QED) is 0.181. The fourth-order valence-electron chi connectivity index (χ4n) is 1.03. The topological polar surface area (TPSA) is 98.8 Å². The van der Waals surface area contributed by atoms with Crippen LogP contribution in [0, 0.1) is 0 Å². The summed E-state index contributed by atoms with van der Waals surface area (Å²) in [5.41, 5.74) is 1.91. The Hall–Kier alpha value is -0.850. The lowest BCUT2D eigenvalue weighted by molar-refractivity contribution is 0.0572. The number of nitrogens with one attached hydrogen (secondary N) is 1. The maximum absolute atomic E-state index is 10.8. The van der Waals surface area contributed by atoms with Crippen molar-refractivity contribution in [3.05, 3.63) is 0 Å². The number of nitrogens with zero attached hydrogens (tertiary/aromatic N) is 1. The molecule has 6 nitrogen and oxygen atoms in total. The molecule has 1 fully saturated rings. The highest BCUT2D eigenvalue weighted by molar-refractivity contribution is 5.73. The van der Waals surface area contributed by atoms with Gasteiger partial charge in [-0.1, -0.05) is 0 Å². The van der Waals surface area contributed by atoms with Crippen molar-refractivity contribution in [1.82, 2.24) is 10.3 Å². The monoisotopic (exact) mass is 161 g/mol. The summed E-state index contributed by atoms with van der Waals surface area (Å²) in [4.78, 5) is 12.0. The van der Waals surface area contributed by atoms with Gasteiger partial charge in [-0.25, -0.2) is 10.6 Å². The number of likely N-dealkylation sites (tertiary alicyclic amines) is 1. The molecule has 5 N–H and O–H groups in total. The average Bonchev–Trinajstić information content (AvgIpc) is 2.31. The number of nitrogens with two attached hydrogens (primary N) is 1. The molecule has 0 aromatic rings. The van der Waals surface area contributed by atoms with Gasteiger partial charge in [0.2, 0.25) is 0 Å². The minimum atomic E-state index is -0.854. The van der Waals surface area contributed by atoms with Crippen LogP contribution in [0.4, 0.5) is 4.79 Å². The third-order valence-corrected chi connectivity index (χ3v) is 1.67. The van der Waals surface area contributed by atoms with Crippen molar-refractivity contribution < 1.29 is 15.0 Å². The van der Waals surface area contributed by atoms with Crippen molar-refractivity contribution >= 4 is 6.03 Å². The molecule has 0 radical (unpaired) electrons. The zero-order valence-corrected chi connectivity index (χ0v) is 5.90. The van der Waals surface area contributed by atoms with E-state index in [2.05, 4.69) is 0 Å². The highest BCUT2D eigenvalue weighted by atomic mass is 16.3. The largest absolute Gasteiger partial charge is 0.388 e. The number of aliphatic hydroxyl groups is 2. The summed E-state index contributed by atoms with van der Waals surface area (Å²) in [6, 6.07) is -0.486. The van der Waals surface area contributed by atoms with Gasteiger partial charge in [0.05, 0.1) is 25.3 Å². The number of urea groups is 1. The van der Waals surface area contributed by atoms with Gasteiger partial charge in [0.15, 0.2) is 0 Å². The molecule has 0 aromatic heterocycles. The summed E-state index contributed by atoms with van der Waals surface area (Å²) in [6.07, 6.45) is -1.71. The van der Waals surface area contributed by atoms with Gasteiger partial charge >= 0.3 is 6.03 Å². The first-order valence-electron chi connectivity index (χ1n) is 3.27. The number of amides is 2. The van der Waals surface area contributed by atoms with E-state index in [0.717, 1.165) is 0 Å². The van der Waals surface area contributed by atoms with E-state index < -0.39 is 18.2 Å². The molecule has 2 atom stereocenters. The van der Waals surface area contributed by atoms with Crippen LogP contribution in [0.15, 0.2) is 0 Å². The van der Waals surface area contributed by atoms with Crippen LogP contribution in [0.5, 0.6) is 0 Å². The molecule has 2 amide bonds. The molecule has 0 aliphatic carbocycles. The molecule has 1 rings (SSSR count). The smallest absolute Gasteiger partial charge is 0.331 e. The molecule has 1 aliphatic rings. The Kier molecular flexibility index (Phi) is 2.28. The Morgan fingerprint density at radius 2 is 1.91 bits per heavy atom. The van der Waals surface area contributed by atoms with Crippen LogP contribution in [0.25, 0.3) is 0 Å². The van der Waals surface area contributed by atoms with Crippen molar-refractivity contribution in [1.29, 1.82) is 0 Å². The summed E-state index contributed by atoms with van der Waals surface area (Å²) in [6.45, 7) is 0.258. The summed E-state index contributed by atoms with van der Waals surface area (Å²) in [5.74, 6) is 4.84. The standard InChI is InChI=1S/C5H11N3O3/c6-7-5(11)8-1-3(9)4(10)2-8/h3-4,9-10H,1-2,6H2,(H,7,11). The maximum atomic E-state index is 10.8. The summed E-state index contributed by atoms with van der Waals surface area (Å²) < 4.78 is 0. The van der Waals surface area contributed by atoms with E-state index in [0.29, 0.717) is 0 Å². The van der Waals surface area contributed by atoms with E-state index in [1.165, 1.54) is 4.90 Å². The Balaban J connectivity index is 2.46. The minimum Gasteiger partial charge on any atom is -0.388 e. The lowest BCUT2D eigenvalue weighted by atomic mass is 10.3. The van der Waals surface area contributed by atoms with Gasteiger partial charge in [0, 0.05) is 0 Å². The first-order valence-corrected chi connectivity index (χ1v) is 3.27. The van der Waals surface area contributed by atoms with Crippen LogP contribution in [0.2, 0.25) is 0 Å². The highest BCUT2D eigenvalue weighted by Gasteiger charge is 2.31. The number of carbonyl (C=O) groups excluding carboxylic acids is 1. The average molecular weight is 161 g/mol. The number of hydrogen-bond donors (Lipinski definition) is 4. The van der Waals surface area contributed by atoms with Crippen LogP contribution in [0.3, 0.4) is 0 Å². The lowest BCUT2D eigenvalue weighted by Gasteiger charge is -2.13. The van der Waals surface area contributed by atoms with Gasteiger partial charge < -0.3 is 15.1 Å². The molecule has 6 heteroatoms. The van der Waals surface area contributed by atoms with Gasteiger partial charge in [0.1, 0.15) is 0 Å². The van der Waals surface area contributed by atoms with Gasteiger partial charge in [-0.15, -0.1) is 0 Å². The van der Waals surface area contributed by atoms with E-state index in [4.69, 9.17) is 16.1 Å². The first-order chi connectivity index (χ1) is 5.15. The number of hydrogen-bond acceptors (Lipinski definition) is 4. The zero-order chi connectivity index (χ0) is 8.43. The number of β-amino-alcohol motifs (C(OH)–C–C–N with tert-alkyl or cyclic N) is 2. The van der Waals surface area contributed by atoms with Gasteiger partial charge in [0.25, 0.3) is 0 Å². The van der Waals surface area contributed by atoms with Crippen LogP contribution in [-0.4, -0.2) is 46.4 Å². The number of hydrazine groups is 1. The molecular weight excluding hydrogens is 150 g/mol. The molecule has 1 aliphatic heterocycles. The van der Waals surface area contributed by atoms with E-state index in [1.54, 1.807) is 0 Å². The summed E-state index contributed by atoms with van der Waals surface area (Å²) in [5, 5.41) is 18.0. The third kappa shape index (κ3) is 1.59. The molecule has 1 saturated heterocycles. The SMILES string of the molecule is NNC(=O)N1CC(O)C(O)C1. The minimum absolute atomic E-state index is 0.129. The van der Waals surface area contributed by atoms with Crippen molar-refractivity contribution in [2.24, 2.45) is 5.84 Å². The van der Waals surface area contributed by atoms with Crippen molar-refractivity contribution in [3.63, 3.8) is 0 Å². The van der Waals surface area contributed by atoms with E-state index >= 15 is 0 Å². The number of rotatable bonds is 0. The second kappa shape index (κ2) is 3.04. The van der Waals surface area contributed by atoms with Crippen molar-refractivity contribution in [2.75, 3.05) is 13.1 Å². The normalized spacial score (nSPS) is 30.6. The molecule has 0 saturated carbocycles. The third-order valence-electron chi connectivity index (χ3n) is 1.67. The Bertz CT molecular complexity index is 153. The number of aliphatic hydroxyl groups excluding tert-OH is 2. The second-order valence-corrected chi connectivity index (χ2v) is 2.49. The van der Waals surface area contributed by atoms with E-state index in [1.807, 2.05) is 5.43 Å². The van der Waals surface area contributed by atoms with Crippen LogP contribution in [0.1, 0.15) is 0 Å². The van der Waals surface area contributed by atoms with Crippen LogP contribution in [-0.2, 0) is 0 Å². The fourth-order valence-corrected chi connectivity index (χ4v) is 1.03. The van der Waals surface area contributed by atoms with E-state index in [-0.39, 0.29) is 13.1 Å². The summed E-state index contributed by atoms with van der Waals surface area (Å²) in [7, 11) is 0. The molecule has 0 spiro atoms. The van der Waals surface area contributed by atoms with Crippen LogP contribution < -0.4 is 11.3 Å². The predicted molar refractivity (Wildman–Crippen MR) is 36.3 cm³/mol. The van der Waals surface area contributed by atoms with Gasteiger partial charge in [-0.3, -0.25) is 5.43 Å². The molecule has 0 bridgehead atoms. The van der Waals surface area contributed by atoms with Crippen molar-refractivity contribution in [2.45, 2.75) is 12.2 Å². The molecule has 11 heavy (non-hydrogen) atoms. The van der Waals surface area contributed by atoms with Gasteiger partial charge in [-0.05, 0) is 0 Å². The molecule has 1 heterocycles. The molecule has 0 aromatic carbocycles. The first kappa shape index (κ1) is 8.25. The highest BCUT2D eigenvalue weighted by Crippen LogP contribution is 2.08. The van der Waals surface area contributed by atoms with Crippen molar-refractivity contribution in [3.8, 4) is 0 Å². The molecular formula is C5H11N3O3. The molecule has 2 unspecified atom stereocenters. The summed E-state index contributed by atoms with van der Waals surface area (Å²) >= 11 is 0. The molecule has 64 valence electrons. The second-order valence-electron chi connectivity index (χ2n) is 2.49. The van der Waals surface area contributed by atoms with Gasteiger partial charge in [-0.2, -0.15) is 0 Å². The number of carbonyl (C=O) groups is 1. The fraction of sp³-hybridized carbons (Fsp3) is 0.800. The Morgan fingerprint density at radius 3 is 2.27 bits per heavy atom. The Morgan fingerprint density at radius 1 is 1.45 bits per heavy atom. The predicted octanol–water partition coefficient (Wildman–Crippen LogP) is -2.39. The Labute approximate surface area is 63.6 Å². The lowest BCUT2D eigenvalue weighted by Crippen LogP contribution is -2.42.